The van der Waals surface area contributed by atoms with Crippen molar-refractivity contribution in [3.05, 3.63) is 23.8 Å². The predicted octanol–water partition coefficient (Wildman–Crippen LogP) is 0.806. The zero-order valence-corrected chi connectivity index (χ0v) is 8.61. The van der Waals surface area contributed by atoms with Crippen LogP contribution in [-0.4, -0.2) is 19.9 Å². The Labute approximate surface area is 89.2 Å². The molecular weight excluding hydrogens is 192 g/mol. The summed E-state index contributed by atoms with van der Waals surface area (Å²) in [4.78, 5) is 0. The summed E-state index contributed by atoms with van der Waals surface area (Å²) in [6.45, 7) is 1.57. The predicted molar refractivity (Wildman–Crippen MR) is 58.0 cm³/mol. The van der Waals surface area contributed by atoms with Gasteiger partial charge in [-0.3, -0.25) is 0 Å². The Morgan fingerprint density at radius 1 is 1.20 bits per heavy atom. The molecule has 1 unspecified atom stereocenters. The van der Waals surface area contributed by atoms with E-state index in [9.17, 15) is 0 Å². The van der Waals surface area contributed by atoms with Crippen LogP contribution in [0.4, 0.5) is 0 Å². The van der Waals surface area contributed by atoms with Gasteiger partial charge in [-0.15, -0.1) is 0 Å². The van der Waals surface area contributed by atoms with Crippen molar-refractivity contribution in [2.24, 2.45) is 11.5 Å². The molecule has 4 heteroatoms. The fraction of sp³-hybridized carbons (Fsp3) is 0.455. The maximum absolute atomic E-state index is 5.71. The van der Waals surface area contributed by atoms with Crippen LogP contribution in [0.3, 0.4) is 0 Å². The molecule has 0 bridgehead atoms. The smallest absolute Gasteiger partial charge is 0.231 e. The first-order valence-corrected chi connectivity index (χ1v) is 5.15. The molecule has 0 fully saturated rings. The van der Waals surface area contributed by atoms with E-state index in [-0.39, 0.29) is 0 Å². The summed E-state index contributed by atoms with van der Waals surface area (Å²) in [5.74, 6) is 1.93. The minimum atomic E-state index is 0.308. The van der Waals surface area contributed by atoms with Crippen LogP contribution in [0.2, 0.25) is 0 Å². The molecule has 1 aliphatic rings. The van der Waals surface area contributed by atoms with Gasteiger partial charge in [-0.05, 0) is 43.1 Å². The van der Waals surface area contributed by atoms with Crippen LogP contribution in [0, 0.1) is 0 Å². The second-order valence-corrected chi connectivity index (χ2v) is 3.62. The topological polar surface area (TPSA) is 70.5 Å². The fourth-order valence-electron chi connectivity index (χ4n) is 1.79. The van der Waals surface area contributed by atoms with Gasteiger partial charge in [-0.1, -0.05) is 6.07 Å². The van der Waals surface area contributed by atoms with Gasteiger partial charge in [0.05, 0.1) is 0 Å². The summed E-state index contributed by atoms with van der Waals surface area (Å²) < 4.78 is 10.6. The standard InChI is InChI=1S/C11H16N2O2/c12-4-3-9(6-13)8-1-2-10-11(5-8)15-7-14-10/h1-2,5,9H,3-4,6-7,12-13H2. The first-order chi connectivity index (χ1) is 7.35. The Hall–Kier alpha value is -1.26. The summed E-state index contributed by atoms with van der Waals surface area (Å²) in [7, 11) is 0. The fourth-order valence-corrected chi connectivity index (χ4v) is 1.79. The Kier molecular flexibility index (Phi) is 3.08. The van der Waals surface area contributed by atoms with Crippen molar-refractivity contribution in [3.8, 4) is 11.5 Å². The van der Waals surface area contributed by atoms with Crippen LogP contribution >= 0.6 is 0 Å². The van der Waals surface area contributed by atoms with Gasteiger partial charge < -0.3 is 20.9 Å². The summed E-state index contributed by atoms with van der Waals surface area (Å²) in [5, 5.41) is 0. The van der Waals surface area contributed by atoms with Gasteiger partial charge in [-0.2, -0.15) is 0 Å². The highest BCUT2D eigenvalue weighted by molar-refractivity contribution is 5.45. The molecule has 1 atom stereocenters. The molecule has 1 aromatic carbocycles. The summed E-state index contributed by atoms with van der Waals surface area (Å²) in [5.41, 5.74) is 12.4. The van der Waals surface area contributed by atoms with E-state index < -0.39 is 0 Å². The average Bonchev–Trinajstić information content (AvgIpc) is 2.72. The minimum absolute atomic E-state index is 0.308. The van der Waals surface area contributed by atoms with Crippen LogP contribution in [0.15, 0.2) is 18.2 Å². The largest absolute Gasteiger partial charge is 0.454 e. The number of rotatable bonds is 4. The Bertz CT molecular complexity index is 341. The van der Waals surface area contributed by atoms with E-state index in [0.717, 1.165) is 17.9 Å². The van der Waals surface area contributed by atoms with Crippen molar-refractivity contribution in [2.75, 3.05) is 19.9 Å². The first kappa shape index (κ1) is 10.3. The highest BCUT2D eigenvalue weighted by Gasteiger charge is 2.16. The van der Waals surface area contributed by atoms with Crippen molar-refractivity contribution in [1.82, 2.24) is 0 Å². The van der Waals surface area contributed by atoms with Gasteiger partial charge in [0.1, 0.15) is 0 Å². The molecule has 4 N–H and O–H groups in total. The molecule has 0 aromatic heterocycles. The van der Waals surface area contributed by atoms with Gasteiger partial charge in [-0.25, -0.2) is 0 Å². The molecule has 0 spiro atoms. The average molecular weight is 208 g/mol. The zero-order chi connectivity index (χ0) is 10.7. The van der Waals surface area contributed by atoms with E-state index in [4.69, 9.17) is 20.9 Å². The van der Waals surface area contributed by atoms with Crippen molar-refractivity contribution in [1.29, 1.82) is 0 Å². The lowest BCUT2D eigenvalue weighted by molar-refractivity contribution is 0.174. The Morgan fingerprint density at radius 2 is 2.00 bits per heavy atom. The number of hydrogen-bond donors (Lipinski definition) is 2. The van der Waals surface area contributed by atoms with Crippen LogP contribution in [-0.2, 0) is 0 Å². The Balaban J connectivity index is 2.20. The molecule has 2 rings (SSSR count). The third-order valence-electron chi connectivity index (χ3n) is 2.67. The molecule has 0 amide bonds. The number of nitrogens with two attached hydrogens (primary N) is 2. The highest BCUT2D eigenvalue weighted by atomic mass is 16.7. The van der Waals surface area contributed by atoms with Crippen molar-refractivity contribution in [2.45, 2.75) is 12.3 Å². The third-order valence-corrected chi connectivity index (χ3v) is 2.67. The van der Waals surface area contributed by atoms with Gasteiger partial charge in [0, 0.05) is 0 Å². The van der Waals surface area contributed by atoms with E-state index in [1.54, 1.807) is 0 Å². The molecule has 1 heterocycles. The third kappa shape index (κ3) is 2.06. The molecule has 1 aliphatic heterocycles. The minimum Gasteiger partial charge on any atom is -0.454 e. The molecule has 15 heavy (non-hydrogen) atoms. The lowest BCUT2D eigenvalue weighted by Gasteiger charge is -2.14. The molecule has 82 valence electrons. The molecule has 0 aliphatic carbocycles. The van der Waals surface area contributed by atoms with Crippen LogP contribution in [0.5, 0.6) is 11.5 Å². The van der Waals surface area contributed by atoms with Gasteiger partial charge in [0.2, 0.25) is 6.79 Å². The summed E-state index contributed by atoms with van der Waals surface area (Å²) in [6, 6.07) is 5.95. The molecule has 4 nitrogen and oxygen atoms in total. The van der Waals surface area contributed by atoms with Crippen molar-refractivity contribution < 1.29 is 9.47 Å². The van der Waals surface area contributed by atoms with Gasteiger partial charge >= 0.3 is 0 Å². The van der Waals surface area contributed by atoms with Crippen molar-refractivity contribution in [3.63, 3.8) is 0 Å². The molecule has 0 saturated carbocycles. The highest BCUT2D eigenvalue weighted by Crippen LogP contribution is 2.34. The normalized spacial score (nSPS) is 15.3. The van der Waals surface area contributed by atoms with E-state index >= 15 is 0 Å². The van der Waals surface area contributed by atoms with Gasteiger partial charge in [0.25, 0.3) is 0 Å². The molecular formula is C11H16N2O2. The zero-order valence-electron chi connectivity index (χ0n) is 8.61. The van der Waals surface area contributed by atoms with Crippen molar-refractivity contribution >= 4 is 0 Å². The summed E-state index contributed by atoms with van der Waals surface area (Å²) in [6.07, 6.45) is 0.899. The molecule has 1 aromatic rings. The second-order valence-electron chi connectivity index (χ2n) is 3.62. The van der Waals surface area contributed by atoms with E-state index in [1.165, 1.54) is 5.56 Å². The molecule has 0 radical (unpaired) electrons. The van der Waals surface area contributed by atoms with E-state index in [2.05, 4.69) is 0 Å². The van der Waals surface area contributed by atoms with Crippen LogP contribution < -0.4 is 20.9 Å². The monoisotopic (exact) mass is 208 g/mol. The maximum atomic E-state index is 5.71. The quantitative estimate of drug-likeness (QED) is 0.768. The number of benzene rings is 1. The Morgan fingerprint density at radius 3 is 2.73 bits per heavy atom. The SMILES string of the molecule is NCCC(CN)c1ccc2c(c1)OCO2. The molecule has 0 saturated heterocycles. The second kappa shape index (κ2) is 4.51. The first-order valence-electron chi connectivity index (χ1n) is 5.15. The summed E-state index contributed by atoms with van der Waals surface area (Å²) >= 11 is 0. The maximum Gasteiger partial charge on any atom is 0.231 e. The number of hydrogen-bond acceptors (Lipinski definition) is 4. The lowest BCUT2D eigenvalue weighted by atomic mass is 9.95. The number of fused-ring (bicyclic) bond motifs is 1. The lowest BCUT2D eigenvalue weighted by Crippen LogP contribution is -2.16. The van der Waals surface area contributed by atoms with Crippen LogP contribution in [0.25, 0.3) is 0 Å². The number of ether oxygens (including phenoxy) is 2. The van der Waals surface area contributed by atoms with E-state index in [1.807, 2.05) is 18.2 Å². The van der Waals surface area contributed by atoms with Crippen LogP contribution in [0.1, 0.15) is 17.9 Å². The van der Waals surface area contributed by atoms with E-state index in [0.29, 0.717) is 25.8 Å². The van der Waals surface area contributed by atoms with Gasteiger partial charge in [0.15, 0.2) is 11.5 Å².